The molecule has 1 aromatic heterocycles. The van der Waals surface area contributed by atoms with Crippen LogP contribution in [0.2, 0.25) is 0 Å². The Labute approximate surface area is 187 Å². The minimum absolute atomic E-state index is 0.205. The van der Waals surface area contributed by atoms with Gasteiger partial charge in [-0.15, -0.1) is 0 Å². The molecule has 168 valence electrons. The Hall–Kier alpha value is -3.35. The number of hydrogen-bond donors (Lipinski definition) is 0. The van der Waals surface area contributed by atoms with Gasteiger partial charge in [0.2, 0.25) is 11.9 Å². The van der Waals surface area contributed by atoms with E-state index in [0.29, 0.717) is 24.2 Å². The molecule has 0 aliphatic carbocycles. The molecule has 0 radical (unpaired) electrons. The van der Waals surface area contributed by atoms with Crippen LogP contribution in [0.15, 0.2) is 48.5 Å². The lowest BCUT2D eigenvalue weighted by atomic mass is 9.89. The minimum Gasteiger partial charge on any atom is -0.497 e. The third kappa shape index (κ3) is 3.83. The predicted molar refractivity (Wildman–Crippen MR) is 123 cm³/mol. The van der Waals surface area contributed by atoms with E-state index in [9.17, 15) is 9.59 Å². The number of methoxy groups -OCH3 is 1. The summed E-state index contributed by atoms with van der Waals surface area (Å²) in [5.41, 5.74) is 2.44. The summed E-state index contributed by atoms with van der Waals surface area (Å²) in [7, 11) is 1.60. The van der Waals surface area contributed by atoms with Crippen molar-refractivity contribution in [3.63, 3.8) is 0 Å². The quantitative estimate of drug-likeness (QED) is 0.411. The fraction of sp³-hybridized carbons (Fsp3) is 0.400. The first-order chi connectivity index (χ1) is 15.5. The molecule has 7 heteroatoms. The summed E-state index contributed by atoms with van der Waals surface area (Å²) in [5.74, 6) is -0.198. The number of rotatable bonds is 7. The molecule has 1 aliphatic rings. The van der Waals surface area contributed by atoms with Crippen LogP contribution in [0.25, 0.3) is 11.0 Å². The zero-order valence-corrected chi connectivity index (χ0v) is 18.9. The third-order valence-electron chi connectivity index (χ3n) is 5.85. The maximum atomic E-state index is 13.8. The molecule has 0 saturated carbocycles. The van der Waals surface area contributed by atoms with Gasteiger partial charge in [0.05, 0.1) is 30.8 Å². The largest absolute Gasteiger partial charge is 0.497 e. The van der Waals surface area contributed by atoms with E-state index in [2.05, 4.69) is 13.8 Å². The fourth-order valence-electron chi connectivity index (χ4n) is 4.27. The normalized spacial score (nSPS) is 18.2. The highest BCUT2D eigenvalue weighted by Crippen LogP contribution is 2.42. The van der Waals surface area contributed by atoms with Gasteiger partial charge in [-0.1, -0.05) is 38.1 Å². The second kappa shape index (κ2) is 9.02. The zero-order valence-electron chi connectivity index (χ0n) is 18.9. The van der Waals surface area contributed by atoms with Crippen molar-refractivity contribution in [1.29, 1.82) is 0 Å². The lowest BCUT2D eigenvalue weighted by molar-refractivity contribution is -0.153. The van der Waals surface area contributed by atoms with Gasteiger partial charge in [-0.05, 0) is 49.1 Å². The number of esters is 1. The summed E-state index contributed by atoms with van der Waals surface area (Å²) in [4.78, 5) is 33.4. The first-order valence-corrected chi connectivity index (χ1v) is 11.0. The maximum absolute atomic E-state index is 13.8. The molecular weight excluding hydrogens is 406 g/mol. The average molecular weight is 436 g/mol. The number of aromatic nitrogens is 2. The molecular formula is C25H29N3O4. The van der Waals surface area contributed by atoms with Crippen molar-refractivity contribution in [3.8, 4) is 5.75 Å². The molecule has 4 rings (SSSR count). The van der Waals surface area contributed by atoms with E-state index in [1.165, 1.54) is 0 Å². The number of amides is 1. The fourth-order valence-corrected chi connectivity index (χ4v) is 4.27. The van der Waals surface area contributed by atoms with Gasteiger partial charge in [-0.25, -0.2) is 4.98 Å². The topological polar surface area (TPSA) is 73.7 Å². The standard InChI is InChI=1S/C25H29N3O4/c1-5-32-24(30)21-22(17-9-8-10-18(15-17)31-4)28-20-12-7-6-11-19(20)26-25(28)27(23(21)29)14-13-16(2)3/h6-12,15-16,21-22H,5,13-14H2,1-4H3. The van der Waals surface area contributed by atoms with Crippen LogP contribution in [0.5, 0.6) is 5.75 Å². The highest BCUT2D eigenvalue weighted by molar-refractivity contribution is 6.08. The number of benzene rings is 2. The van der Waals surface area contributed by atoms with Crippen molar-refractivity contribution >= 4 is 28.9 Å². The number of carbonyl (C=O) groups excluding carboxylic acids is 2. The number of fused-ring (bicyclic) bond motifs is 3. The molecule has 1 aliphatic heterocycles. The van der Waals surface area contributed by atoms with Crippen LogP contribution in [-0.2, 0) is 14.3 Å². The van der Waals surface area contributed by atoms with Crippen LogP contribution < -0.4 is 9.64 Å². The summed E-state index contributed by atoms with van der Waals surface area (Å²) in [5, 5.41) is 0. The van der Waals surface area contributed by atoms with Gasteiger partial charge in [0, 0.05) is 6.54 Å². The Morgan fingerprint density at radius 2 is 1.94 bits per heavy atom. The summed E-state index contributed by atoms with van der Waals surface area (Å²) >= 11 is 0. The molecule has 0 spiro atoms. The number of hydrogen-bond acceptors (Lipinski definition) is 5. The van der Waals surface area contributed by atoms with Crippen molar-refractivity contribution < 1.29 is 19.1 Å². The van der Waals surface area contributed by atoms with Gasteiger partial charge in [0.25, 0.3) is 0 Å². The Morgan fingerprint density at radius 3 is 2.66 bits per heavy atom. The highest BCUT2D eigenvalue weighted by atomic mass is 16.5. The third-order valence-corrected chi connectivity index (χ3v) is 5.85. The van der Waals surface area contributed by atoms with E-state index in [-0.39, 0.29) is 12.5 Å². The summed E-state index contributed by atoms with van der Waals surface area (Å²) < 4.78 is 12.8. The minimum atomic E-state index is -1.01. The predicted octanol–water partition coefficient (Wildman–Crippen LogP) is 4.21. The smallest absolute Gasteiger partial charge is 0.321 e. The highest BCUT2D eigenvalue weighted by Gasteiger charge is 2.47. The Balaban J connectivity index is 1.96. The number of imidazole rings is 1. The molecule has 2 aromatic carbocycles. The van der Waals surface area contributed by atoms with E-state index in [1.54, 1.807) is 18.9 Å². The zero-order chi connectivity index (χ0) is 22.8. The van der Waals surface area contributed by atoms with Crippen LogP contribution in [0.1, 0.15) is 38.8 Å². The first-order valence-electron chi connectivity index (χ1n) is 11.0. The van der Waals surface area contributed by atoms with E-state index in [0.717, 1.165) is 23.0 Å². The van der Waals surface area contributed by atoms with Crippen molar-refractivity contribution in [2.24, 2.45) is 11.8 Å². The summed E-state index contributed by atoms with van der Waals surface area (Å²) in [6.07, 6.45) is 0.800. The van der Waals surface area contributed by atoms with Gasteiger partial charge in [-0.3, -0.25) is 14.5 Å². The van der Waals surface area contributed by atoms with E-state index < -0.39 is 17.9 Å². The van der Waals surface area contributed by atoms with Crippen LogP contribution in [-0.4, -0.2) is 41.7 Å². The molecule has 32 heavy (non-hydrogen) atoms. The van der Waals surface area contributed by atoms with Crippen molar-refractivity contribution in [3.05, 3.63) is 54.1 Å². The second-order valence-corrected chi connectivity index (χ2v) is 8.39. The number of nitrogens with zero attached hydrogens (tertiary/aromatic N) is 3. The Morgan fingerprint density at radius 1 is 1.16 bits per heavy atom. The van der Waals surface area contributed by atoms with Gasteiger partial charge in [0.15, 0.2) is 5.92 Å². The van der Waals surface area contributed by atoms with Gasteiger partial charge in [0.1, 0.15) is 5.75 Å². The monoisotopic (exact) mass is 435 g/mol. The van der Waals surface area contributed by atoms with Crippen LogP contribution >= 0.6 is 0 Å². The van der Waals surface area contributed by atoms with Crippen LogP contribution in [0.3, 0.4) is 0 Å². The number of carbonyl (C=O) groups is 2. The summed E-state index contributed by atoms with van der Waals surface area (Å²) in [6, 6.07) is 14.7. The van der Waals surface area contributed by atoms with Crippen molar-refractivity contribution in [1.82, 2.24) is 9.55 Å². The molecule has 2 unspecified atom stereocenters. The lowest BCUT2D eigenvalue weighted by Crippen LogP contribution is -2.50. The molecule has 3 aromatic rings. The van der Waals surface area contributed by atoms with E-state index in [1.807, 2.05) is 53.1 Å². The average Bonchev–Trinajstić information content (AvgIpc) is 3.16. The second-order valence-electron chi connectivity index (χ2n) is 8.39. The lowest BCUT2D eigenvalue weighted by Gasteiger charge is -2.38. The van der Waals surface area contributed by atoms with Crippen molar-refractivity contribution in [2.75, 3.05) is 25.2 Å². The van der Waals surface area contributed by atoms with E-state index in [4.69, 9.17) is 14.5 Å². The Kier molecular flexibility index (Phi) is 6.17. The number of ether oxygens (including phenoxy) is 2. The molecule has 0 fully saturated rings. The first kappa shape index (κ1) is 21.9. The molecule has 0 N–H and O–H groups in total. The van der Waals surface area contributed by atoms with Gasteiger partial charge < -0.3 is 14.0 Å². The molecule has 0 saturated heterocycles. The van der Waals surface area contributed by atoms with Gasteiger partial charge in [-0.2, -0.15) is 0 Å². The molecule has 1 amide bonds. The molecule has 0 bridgehead atoms. The van der Waals surface area contributed by atoms with Crippen LogP contribution in [0, 0.1) is 11.8 Å². The molecule has 2 heterocycles. The Bertz CT molecular complexity index is 1140. The SMILES string of the molecule is CCOC(=O)C1C(=O)N(CCC(C)C)c2nc3ccccc3n2C1c1cccc(OC)c1. The number of para-hydroxylation sites is 2. The van der Waals surface area contributed by atoms with Crippen molar-refractivity contribution in [2.45, 2.75) is 33.2 Å². The summed E-state index contributed by atoms with van der Waals surface area (Å²) in [6.45, 7) is 6.66. The molecule has 7 nitrogen and oxygen atoms in total. The number of anilines is 1. The maximum Gasteiger partial charge on any atom is 0.321 e. The molecule has 2 atom stereocenters. The van der Waals surface area contributed by atoms with Crippen LogP contribution in [0.4, 0.5) is 5.95 Å². The van der Waals surface area contributed by atoms with Gasteiger partial charge >= 0.3 is 5.97 Å². The van der Waals surface area contributed by atoms with E-state index >= 15 is 0 Å².